The monoisotopic (exact) mass is 346 g/mol. The van der Waals surface area contributed by atoms with Gasteiger partial charge in [-0.1, -0.05) is 84.9 Å². The second kappa shape index (κ2) is 6.33. The number of rotatable bonds is 2. The molecule has 0 aliphatic carbocycles. The molecule has 0 atom stereocenters. The van der Waals surface area contributed by atoms with Gasteiger partial charge >= 0.3 is 0 Å². The molecule has 128 valence electrons. The van der Waals surface area contributed by atoms with E-state index in [4.69, 9.17) is 9.97 Å². The van der Waals surface area contributed by atoms with Crippen molar-refractivity contribution in [3.8, 4) is 22.4 Å². The predicted octanol–water partition coefficient (Wildman–Crippen LogP) is 6.43. The SMILES string of the molecule is Cc1nc(-c2ccccc2)c2c(ccc3c(-c4ccccc4)cccc32)n1. The van der Waals surface area contributed by atoms with Gasteiger partial charge in [-0.05, 0) is 34.9 Å². The van der Waals surface area contributed by atoms with E-state index in [-0.39, 0.29) is 0 Å². The fraction of sp³-hybridized carbons (Fsp3) is 0.0400. The standard InChI is InChI=1S/C25H18N2/c1-17-26-23-16-15-21-20(18-9-4-2-5-10-18)13-8-14-22(21)24(23)25(27-17)19-11-6-3-7-12-19/h2-16H,1H3. The lowest BCUT2D eigenvalue weighted by Crippen LogP contribution is -1.95. The van der Waals surface area contributed by atoms with Crippen LogP contribution in [0.25, 0.3) is 44.1 Å². The van der Waals surface area contributed by atoms with Crippen LogP contribution in [0.15, 0.2) is 91.0 Å². The number of hydrogen-bond donors (Lipinski definition) is 0. The Morgan fingerprint density at radius 2 is 1.26 bits per heavy atom. The summed E-state index contributed by atoms with van der Waals surface area (Å²) >= 11 is 0. The van der Waals surface area contributed by atoms with Crippen LogP contribution < -0.4 is 0 Å². The van der Waals surface area contributed by atoms with Crippen LogP contribution in [-0.4, -0.2) is 9.97 Å². The summed E-state index contributed by atoms with van der Waals surface area (Å²) in [6.45, 7) is 1.95. The van der Waals surface area contributed by atoms with Crippen molar-refractivity contribution in [3.05, 3.63) is 96.8 Å². The Balaban J connectivity index is 1.91. The maximum atomic E-state index is 4.81. The molecule has 0 saturated heterocycles. The van der Waals surface area contributed by atoms with E-state index in [1.165, 1.54) is 21.9 Å². The minimum atomic E-state index is 0.792. The summed E-state index contributed by atoms with van der Waals surface area (Å²) < 4.78 is 0. The summed E-state index contributed by atoms with van der Waals surface area (Å²) in [5.74, 6) is 0.792. The molecule has 5 aromatic rings. The first kappa shape index (κ1) is 15.7. The van der Waals surface area contributed by atoms with Crippen molar-refractivity contribution in [2.24, 2.45) is 0 Å². The second-order valence-electron chi connectivity index (χ2n) is 6.71. The molecule has 5 rings (SSSR count). The zero-order valence-electron chi connectivity index (χ0n) is 15.1. The zero-order valence-corrected chi connectivity index (χ0v) is 15.1. The van der Waals surface area contributed by atoms with Crippen LogP contribution in [0.3, 0.4) is 0 Å². The molecule has 0 bridgehead atoms. The Kier molecular flexibility index (Phi) is 3.68. The fourth-order valence-electron chi connectivity index (χ4n) is 3.78. The van der Waals surface area contributed by atoms with Gasteiger partial charge in [0.2, 0.25) is 0 Å². The third kappa shape index (κ3) is 2.67. The van der Waals surface area contributed by atoms with E-state index >= 15 is 0 Å². The molecule has 4 aromatic carbocycles. The minimum absolute atomic E-state index is 0.792. The number of fused-ring (bicyclic) bond motifs is 3. The van der Waals surface area contributed by atoms with Crippen LogP contribution in [0.2, 0.25) is 0 Å². The maximum Gasteiger partial charge on any atom is 0.126 e. The third-order valence-corrected chi connectivity index (χ3v) is 4.96. The Morgan fingerprint density at radius 3 is 2.00 bits per heavy atom. The molecule has 0 amide bonds. The lowest BCUT2D eigenvalue weighted by molar-refractivity contribution is 1.10. The molecule has 2 heteroatoms. The molecule has 0 aliphatic heterocycles. The lowest BCUT2D eigenvalue weighted by Gasteiger charge is -2.13. The van der Waals surface area contributed by atoms with E-state index in [9.17, 15) is 0 Å². The van der Waals surface area contributed by atoms with Crippen molar-refractivity contribution in [1.29, 1.82) is 0 Å². The highest BCUT2D eigenvalue weighted by atomic mass is 14.9. The van der Waals surface area contributed by atoms with Crippen molar-refractivity contribution < 1.29 is 0 Å². The quantitative estimate of drug-likeness (QED) is 0.344. The first-order chi connectivity index (χ1) is 13.3. The van der Waals surface area contributed by atoms with Gasteiger partial charge in [0, 0.05) is 10.9 Å². The Morgan fingerprint density at radius 1 is 0.556 bits per heavy atom. The molecule has 0 spiro atoms. The molecule has 1 aromatic heterocycles. The number of hydrogen-bond acceptors (Lipinski definition) is 2. The number of nitrogens with zero attached hydrogens (tertiary/aromatic N) is 2. The fourth-order valence-corrected chi connectivity index (χ4v) is 3.78. The first-order valence-electron chi connectivity index (χ1n) is 9.12. The van der Waals surface area contributed by atoms with Crippen LogP contribution in [0.1, 0.15) is 5.82 Å². The van der Waals surface area contributed by atoms with Gasteiger partial charge in [0.15, 0.2) is 0 Å². The van der Waals surface area contributed by atoms with Gasteiger partial charge in [-0.25, -0.2) is 9.97 Å². The average Bonchev–Trinajstić information content (AvgIpc) is 2.73. The van der Waals surface area contributed by atoms with Gasteiger partial charge in [-0.2, -0.15) is 0 Å². The maximum absolute atomic E-state index is 4.81. The minimum Gasteiger partial charge on any atom is -0.233 e. The van der Waals surface area contributed by atoms with Crippen molar-refractivity contribution in [2.75, 3.05) is 0 Å². The summed E-state index contributed by atoms with van der Waals surface area (Å²) in [6, 6.07) is 31.7. The summed E-state index contributed by atoms with van der Waals surface area (Å²) in [5.41, 5.74) is 5.55. The number of aromatic nitrogens is 2. The zero-order chi connectivity index (χ0) is 18.2. The molecule has 0 fully saturated rings. The van der Waals surface area contributed by atoms with Gasteiger partial charge in [-0.15, -0.1) is 0 Å². The number of aryl methyl sites for hydroxylation is 1. The van der Waals surface area contributed by atoms with E-state index in [0.29, 0.717) is 0 Å². The van der Waals surface area contributed by atoms with Crippen LogP contribution in [-0.2, 0) is 0 Å². The third-order valence-electron chi connectivity index (χ3n) is 4.96. The predicted molar refractivity (Wildman–Crippen MR) is 113 cm³/mol. The molecule has 1 heterocycles. The van der Waals surface area contributed by atoms with Crippen molar-refractivity contribution in [2.45, 2.75) is 6.92 Å². The van der Waals surface area contributed by atoms with Gasteiger partial charge in [0.1, 0.15) is 5.82 Å². The van der Waals surface area contributed by atoms with Crippen molar-refractivity contribution >= 4 is 21.7 Å². The number of benzene rings is 4. The van der Waals surface area contributed by atoms with E-state index in [0.717, 1.165) is 28.0 Å². The smallest absolute Gasteiger partial charge is 0.126 e. The molecular formula is C25H18N2. The highest BCUT2D eigenvalue weighted by molar-refractivity contribution is 6.15. The summed E-state index contributed by atoms with van der Waals surface area (Å²) in [5, 5.41) is 3.52. The van der Waals surface area contributed by atoms with Crippen molar-refractivity contribution in [3.63, 3.8) is 0 Å². The van der Waals surface area contributed by atoms with Crippen molar-refractivity contribution in [1.82, 2.24) is 9.97 Å². The van der Waals surface area contributed by atoms with E-state index < -0.39 is 0 Å². The molecule has 0 aliphatic rings. The second-order valence-corrected chi connectivity index (χ2v) is 6.71. The van der Waals surface area contributed by atoms with E-state index in [2.05, 4.69) is 78.9 Å². The molecule has 0 radical (unpaired) electrons. The molecule has 0 N–H and O–H groups in total. The molecular weight excluding hydrogens is 328 g/mol. The molecule has 0 unspecified atom stereocenters. The van der Waals surface area contributed by atoms with Crippen LogP contribution in [0.4, 0.5) is 0 Å². The van der Waals surface area contributed by atoms with Gasteiger partial charge in [0.25, 0.3) is 0 Å². The summed E-state index contributed by atoms with van der Waals surface area (Å²) in [4.78, 5) is 9.52. The Hall–Kier alpha value is -3.52. The summed E-state index contributed by atoms with van der Waals surface area (Å²) in [6.07, 6.45) is 0. The Bertz CT molecular complexity index is 1260. The normalized spacial score (nSPS) is 11.1. The Labute approximate surface area is 158 Å². The van der Waals surface area contributed by atoms with Crippen LogP contribution in [0.5, 0.6) is 0 Å². The highest BCUT2D eigenvalue weighted by Crippen LogP contribution is 2.36. The van der Waals surface area contributed by atoms with E-state index in [1.807, 2.05) is 19.1 Å². The highest BCUT2D eigenvalue weighted by Gasteiger charge is 2.13. The van der Waals surface area contributed by atoms with Gasteiger partial charge in [-0.3, -0.25) is 0 Å². The molecule has 0 saturated carbocycles. The van der Waals surface area contributed by atoms with Crippen LogP contribution in [0, 0.1) is 6.92 Å². The first-order valence-corrected chi connectivity index (χ1v) is 9.12. The van der Waals surface area contributed by atoms with Crippen LogP contribution >= 0.6 is 0 Å². The largest absolute Gasteiger partial charge is 0.233 e. The van der Waals surface area contributed by atoms with Gasteiger partial charge < -0.3 is 0 Å². The average molecular weight is 346 g/mol. The molecule has 2 nitrogen and oxygen atoms in total. The topological polar surface area (TPSA) is 25.8 Å². The summed E-state index contributed by atoms with van der Waals surface area (Å²) in [7, 11) is 0. The van der Waals surface area contributed by atoms with Gasteiger partial charge in [0.05, 0.1) is 11.2 Å². The lowest BCUT2D eigenvalue weighted by atomic mass is 9.94. The molecule has 27 heavy (non-hydrogen) atoms. The van der Waals surface area contributed by atoms with E-state index in [1.54, 1.807) is 0 Å².